The van der Waals surface area contributed by atoms with Crippen LogP contribution in [0.3, 0.4) is 0 Å². The first-order valence-electron chi connectivity index (χ1n) is 6.23. The molecule has 0 fully saturated rings. The number of pyridine rings is 1. The minimum absolute atomic E-state index is 0.0555. The molecule has 0 saturated carbocycles. The van der Waals surface area contributed by atoms with Crippen molar-refractivity contribution >= 4 is 33.0 Å². The largest absolute Gasteiger partial charge is 0.398 e. The molecule has 7 heteroatoms. The molecular formula is C14H16ClN3O2S. The summed E-state index contributed by atoms with van der Waals surface area (Å²) in [7, 11) is -3.78. The summed E-state index contributed by atoms with van der Waals surface area (Å²) in [4.78, 5) is 4.07. The quantitative estimate of drug-likeness (QED) is 0.671. The number of aryl methyl sites for hydroxylation is 3. The monoisotopic (exact) mass is 325 g/mol. The van der Waals surface area contributed by atoms with Crippen molar-refractivity contribution in [2.75, 3.05) is 10.5 Å². The van der Waals surface area contributed by atoms with Crippen LogP contribution in [0.15, 0.2) is 29.2 Å². The Kier molecular flexibility index (Phi) is 4.11. The molecule has 5 nitrogen and oxygen atoms in total. The van der Waals surface area contributed by atoms with Gasteiger partial charge in [-0.3, -0.25) is 4.72 Å². The molecule has 0 aliphatic rings. The molecule has 0 amide bonds. The van der Waals surface area contributed by atoms with Gasteiger partial charge in [-0.15, -0.1) is 0 Å². The molecule has 1 heterocycles. The maximum Gasteiger partial charge on any atom is 0.264 e. The molecule has 0 aliphatic heterocycles. The fraction of sp³-hybridized carbons (Fsp3) is 0.214. The van der Waals surface area contributed by atoms with Gasteiger partial charge in [-0.05, 0) is 56.2 Å². The molecule has 0 atom stereocenters. The Hall–Kier alpha value is -1.79. The molecule has 0 unspecified atom stereocenters. The molecule has 21 heavy (non-hydrogen) atoms. The molecule has 0 spiro atoms. The van der Waals surface area contributed by atoms with Crippen molar-refractivity contribution in [3.05, 3.63) is 46.2 Å². The number of hydrogen-bond acceptors (Lipinski definition) is 4. The van der Waals surface area contributed by atoms with E-state index in [9.17, 15) is 8.42 Å². The van der Waals surface area contributed by atoms with E-state index in [1.165, 1.54) is 6.07 Å². The van der Waals surface area contributed by atoms with Crippen LogP contribution in [0.2, 0.25) is 5.15 Å². The predicted octanol–water partition coefficient (Wildman–Crippen LogP) is 3.04. The maximum absolute atomic E-state index is 12.5. The van der Waals surface area contributed by atoms with Crippen molar-refractivity contribution in [2.24, 2.45) is 0 Å². The number of halogens is 1. The van der Waals surface area contributed by atoms with Gasteiger partial charge in [0.15, 0.2) is 0 Å². The van der Waals surface area contributed by atoms with Gasteiger partial charge in [-0.2, -0.15) is 0 Å². The van der Waals surface area contributed by atoms with E-state index < -0.39 is 10.0 Å². The van der Waals surface area contributed by atoms with E-state index in [1.54, 1.807) is 25.1 Å². The number of rotatable bonds is 3. The summed E-state index contributed by atoms with van der Waals surface area (Å²) in [6.45, 7) is 5.39. The first-order valence-corrected chi connectivity index (χ1v) is 8.09. The summed E-state index contributed by atoms with van der Waals surface area (Å²) >= 11 is 5.76. The van der Waals surface area contributed by atoms with Crippen molar-refractivity contribution in [2.45, 2.75) is 25.7 Å². The van der Waals surface area contributed by atoms with Gasteiger partial charge in [0.2, 0.25) is 0 Å². The molecule has 0 saturated heterocycles. The highest BCUT2D eigenvalue weighted by atomic mass is 35.5. The molecule has 0 radical (unpaired) electrons. The van der Waals surface area contributed by atoms with Crippen LogP contribution in [-0.2, 0) is 10.0 Å². The second-order valence-electron chi connectivity index (χ2n) is 4.85. The van der Waals surface area contributed by atoms with Gasteiger partial charge in [0.25, 0.3) is 10.0 Å². The Labute approximate surface area is 129 Å². The number of nitrogens with one attached hydrogen (secondary N) is 1. The second kappa shape index (κ2) is 5.54. The number of aromatic nitrogens is 1. The first kappa shape index (κ1) is 15.6. The van der Waals surface area contributed by atoms with E-state index >= 15 is 0 Å². The molecule has 112 valence electrons. The van der Waals surface area contributed by atoms with Gasteiger partial charge in [0.05, 0.1) is 17.1 Å². The fourth-order valence-electron chi connectivity index (χ4n) is 1.88. The number of anilines is 2. The average molecular weight is 326 g/mol. The standard InChI is InChI=1S/C14H16ClN3O2S/c1-8-6-11(16)13(7-9(8)2)21(19,20)18-12-4-5-14(15)17-10(12)3/h4-7,18H,16H2,1-3H3. The third-order valence-electron chi connectivity index (χ3n) is 3.21. The maximum atomic E-state index is 12.5. The van der Waals surface area contributed by atoms with Crippen LogP contribution in [0.1, 0.15) is 16.8 Å². The van der Waals surface area contributed by atoms with Crippen LogP contribution in [0.5, 0.6) is 0 Å². The first-order chi connectivity index (χ1) is 9.70. The van der Waals surface area contributed by atoms with E-state index in [0.29, 0.717) is 16.5 Å². The fourth-order valence-corrected chi connectivity index (χ4v) is 3.39. The third-order valence-corrected chi connectivity index (χ3v) is 4.84. The van der Waals surface area contributed by atoms with Gasteiger partial charge in [0, 0.05) is 0 Å². The number of hydrogen-bond donors (Lipinski definition) is 2. The molecule has 0 bridgehead atoms. The lowest BCUT2D eigenvalue weighted by atomic mass is 10.1. The number of nitrogens with two attached hydrogens (primary N) is 1. The van der Waals surface area contributed by atoms with E-state index in [4.69, 9.17) is 17.3 Å². The molecule has 2 rings (SSSR count). The minimum atomic E-state index is -3.78. The van der Waals surface area contributed by atoms with Crippen molar-refractivity contribution < 1.29 is 8.42 Å². The normalized spacial score (nSPS) is 11.4. The Balaban J connectivity index is 2.46. The van der Waals surface area contributed by atoms with Crippen molar-refractivity contribution in [3.8, 4) is 0 Å². The number of benzene rings is 1. The molecular weight excluding hydrogens is 310 g/mol. The van der Waals surface area contributed by atoms with E-state index in [1.807, 2.05) is 13.8 Å². The van der Waals surface area contributed by atoms with Crippen LogP contribution in [0.25, 0.3) is 0 Å². The zero-order chi connectivity index (χ0) is 15.8. The molecule has 1 aromatic carbocycles. The van der Waals surface area contributed by atoms with Crippen molar-refractivity contribution in [1.29, 1.82) is 0 Å². The van der Waals surface area contributed by atoms with Crippen molar-refractivity contribution in [1.82, 2.24) is 4.98 Å². The number of nitrogen functional groups attached to an aromatic ring is 1. The highest BCUT2D eigenvalue weighted by molar-refractivity contribution is 7.92. The SMILES string of the molecule is Cc1cc(N)c(S(=O)(=O)Nc2ccc(Cl)nc2C)cc1C. The Morgan fingerprint density at radius 2 is 1.76 bits per heavy atom. The van der Waals surface area contributed by atoms with E-state index in [2.05, 4.69) is 9.71 Å². The van der Waals surface area contributed by atoms with Crippen LogP contribution >= 0.6 is 11.6 Å². The topological polar surface area (TPSA) is 85.1 Å². The number of nitrogens with zero attached hydrogens (tertiary/aromatic N) is 1. The molecule has 2 aromatic rings. The summed E-state index contributed by atoms with van der Waals surface area (Å²) in [6.07, 6.45) is 0. The molecule has 3 N–H and O–H groups in total. The van der Waals surface area contributed by atoms with E-state index in [-0.39, 0.29) is 10.6 Å². The Bertz CT molecular complexity index is 804. The van der Waals surface area contributed by atoms with Gasteiger partial charge >= 0.3 is 0 Å². The molecule has 0 aliphatic carbocycles. The summed E-state index contributed by atoms with van der Waals surface area (Å²) in [5, 5.41) is 0.307. The Morgan fingerprint density at radius 3 is 2.38 bits per heavy atom. The van der Waals surface area contributed by atoms with Gasteiger partial charge in [0.1, 0.15) is 10.0 Å². The smallest absolute Gasteiger partial charge is 0.264 e. The van der Waals surface area contributed by atoms with E-state index in [0.717, 1.165) is 11.1 Å². The van der Waals surface area contributed by atoms with Crippen LogP contribution < -0.4 is 10.5 Å². The zero-order valence-corrected chi connectivity index (χ0v) is 13.5. The highest BCUT2D eigenvalue weighted by Crippen LogP contribution is 2.26. The second-order valence-corrected chi connectivity index (χ2v) is 6.88. The minimum Gasteiger partial charge on any atom is -0.398 e. The van der Waals surface area contributed by atoms with Crippen molar-refractivity contribution in [3.63, 3.8) is 0 Å². The summed E-state index contributed by atoms with van der Waals surface area (Å²) < 4.78 is 27.4. The summed E-state index contributed by atoms with van der Waals surface area (Å²) in [5.41, 5.74) is 8.71. The lowest BCUT2D eigenvalue weighted by Gasteiger charge is -2.13. The third kappa shape index (κ3) is 3.28. The van der Waals surface area contributed by atoms with Gasteiger partial charge < -0.3 is 5.73 Å². The molecule has 1 aromatic heterocycles. The number of sulfonamides is 1. The zero-order valence-electron chi connectivity index (χ0n) is 11.9. The predicted molar refractivity (Wildman–Crippen MR) is 85.1 cm³/mol. The lowest BCUT2D eigenvalue weighted by Crippen LogP contribution is -2.16. The highest BCUT2D eigenvalue weighted by Gasteiger charge is 2.19. The summed E-state index contributed by atoms with van der Waals surface area (Å²) in [6, 6.07) is 6.30. The van der Waals surface area contributed by atoms with Gasteiger partial charge in [-0.25, -0.2) is 13.4 Å². The Morgan fingerprint density at radius 1 is 1.14 bits per heavy atom. The lowest BCUT2D eigenvalue weighted by molar-refractivity contribution is 0.601. The summed E-state index contributed by atoms with van der Waals surface area (Å²) in [5.74, 6) is 0. The van der Waals surface area contributed by atoms with Crippen LogP contribution in [0.4, 0.5) is 11.4 Å². The van der Waals surface area contributed by atoms with Crippen LogP contribution in [-0.4, -0.2) is 13.4 Å². The van der Waals surface area contributed by atoms with Gasteiger partial charge in [-0.1, -0.05) is 11.6 Å². The average Bonchev–Trinajstić information content (AvgIpc) is 2.37. The van der Waals surface area contributed by atoms with Crippen LogP contribution in [0, 0.1) is 20.8 Å².